The lowest BCUT2D eigenvalue weighted by Gasteiger charge is -2.21. The van der Waals surface area contributed by atoms with Crippen LogP contribution in [0.1, 0.15) is 49.1 Å². The Labute approximate surface area is 142 Å². The first-order chi connectivity index (χ1) is 11.2. The van der Waals surface area contributed by atoms with Crippen LogP contribution in [-0.2, 0) is 12.8 Å². The minimum atomic E-state index is 0.142. The third-order valence-corrected chi connectivity index (χ3v) is 7.90. The van der Waals surface area contributed by atoms with Gasteiger partial charge >= 0.3 is 0 Å². The molecule has 4 rings (SSSR count). The Morgan fingerprint density at radius 3 is 2.48 bits per heavy atom. The average molecular weight is 322 g/mol. The summed E-state index contributed by atoms with van der Waals surface area (Å²) < 4.78 is 1.56. The third kappa shape index (κ3) is 2.42. The van der Waals surface area contributed by atoms with Crippen molar-refractivity contribution in [1.82, 2.24) is 0 Å². The van der Waals surface area contributed by atoms with Crippen LogP contribution in [0.3, 0.4) is 0 Å². The van der Waals surface area contributed by atoms with Crippen molar-refractivity contribution in [2.24, 2.45) is 5.92 Å². The van der Waals surface area contributed by atoms with Gasteiger partial charge < -0.3 is 0 Å². The molecule has 0 amide bonds. The molecule has 0 saturated heterocycles. The largest absolute Gasteiger partial charge is 0.187 e. The molecule has 1 heterocycles. The topological polar surface area (TPSA) is 0 Å². The summed E-state index contributed by atoms with van der Waals surface area (Å²) in [4.78, 5) is 3.23. The monoisotopic (exact) mass is 321 g/mol. The summed E-state index contributed by atoms with van der Waals surface area (Å²) in [6.07, 6.45) is 3.71. The summed E-state index contributed by atoms with van der Waals surface area (Å²) in [5.74, 6) is 1.51. The van der Waals surface area contributed by atoms with Gasteiger partial charge in [0, 0.05) is 27.3 Å². The van der Waals surface area contributed by atoms with Gasteiger partial charge in [0.05, 0.1) is 0 Å². The molecular weight excluding hydrogens is 296 g/mol. The summed E-state index contributed by atoms with van der Waals surface area (Å²) in [6, 6.07) is 18.5. The van der Waals surface area contributed by atoms with E-state index in [0.29, 0.717) is 5.92 Å². The lowest BCUT2D eigenvalue weighted by molar-refractivity contribution is 0.457. The molecular formula is C22H25S+. The van der Waals surface area contributed by atoms with E-state index in [4.69, 9.17) is 0 Å². The zero-order valence-corrected chi connectivity index (χ0v) is 15.1. The molecule has 3 unspecified atom stereocenters. The summed E-state index contributed by atoms with van der Waals surface area (Å²) in [7, 11) is 0.142. The number of benzene rings is 2. The number of aryl methyl sites for hydroxylation is 1. The molecule has 23 heavy (non-hydrogen) atoms. The van der Waals surface area contributed by atoms with Crippen molar-refractivity contribution in [3.8, 4) is 4.90 Å². The van der Waals surface area contributed by atoms with Crippen LogP contribution in [-0.4, -0.2) is 0 Å². The molecule has 3 atom stereocenters. The standard InChI is InChI=1S/C22H25S/c1-4-17-9-11-18(12-10-17)23-21-8-6-5-7-19(21)20-14-15(2)13-16(3)22(20)23/h5-12,15-16H,4,13-14H2,1-3H3/q+1. The van der Waals surface area contributed by atoms with Crippen LogP contribution >= 0.6 is 10.5 Å². The summed E-state index contributed by atoms with van der Waals surface area (Å²) in [6.45, 7) is 7.08. The van der Waals surface area contributed by atoms with Gasteiger partial charge in [-0.25, -0.2) is 0 Å². The molecule has 118 valence electrons. The predicted octanol–water partition coefficient (Wildman–Crippen LogP) is 6.83. The first-order valence-electron chi connectivity index (χ1n) is 8.84. The van der Waals surface area contributed by atoms with Crippen molar-refractivity contribution >= 4 is 20.6 Å². The first kappa shape index (κ1) is 15.0. The van der Waals surface area contributed by atoms with E-state index in [9.17, 15) is 0 Å². The van der Waals surface area contributed by atoms with Gasteiger partial charge in [-0.3, -0.25) is 0 Å². The Morgan fingerprint density at radius 1 is 1.00 bits per heavy atom. The maximum Gasteiger partial charge on any atom is 0.187 e. The summed E-state index contributed by atoms with van der Waals surface area (Å²) >= 11 is 0. The Hall–Kier alpha value is -1.60. The highest BCUT2D eigenvalue weighted by Crippen LogP contribution is 2.53. The molecule has 0 nitrogen and oxygen atoms in total. The number of hydrogen-bond acceptors (Lipinski definition) is 0. The van der Waals surface area contributed by atoms with Crippen molar-refractivity contribution < 1.29 is 0 Å². The predicted molar refractivity (Wildman–Crippen MR) is 103 cm³/mol. The van der Waals surface area contributed by atoms with Crippen LogP contribution < -0.4 is 0 Å². The molecule has 1 heteroatoms. The van der Waals surface area contributed by atoms with Crippen molar-refractivity contribution in [3.05, 3.63) is 64.5 Å². The number of rotatable bonds is 2. The van der Waals surface area contributed by atoms with Crippen LogP contribution in [0.2, 0.25) is 0 Å². The van der Waals surface area contributed by atoms with Crippen molar-refractivity contribution in [2.45, 2.75) is 46.0 Å². The van der Waals surface area contributed by atoms with E-state index >= 15 is 0 Å². The molecule has 1 aliphatic carbocycles. The zero-order chi connectivity index (χ0) is 16.0. The maximum absolute atomic E-state index is 2.44. The van der Waals surface area contributed by atoms with Gasteiger partial charge in [0.2, 0.25) is 0 Å². The molecule has 2 aromatic carbocycles. The van der Waals surface area contributed by atoms with Gasteiger partial charge in [0.15, 0.2) is 14.5 Å². The van der Waals surface area contributed by atoms with Gasteiger partial charge in [0.25, 0.3) is 0 Å². The fourth-order valence-electron chi connectivity index (χ4n) is 4.24. The molecule has 1 aromatic heterocycles. The highest BCUT2D eigenvalue weighted by atomic mass is 32.2. The van der Waals surface area contributed by atoms with E-state index in [1.54, 1.807) is 15.1 Å². The second kappa shape index (κ2) is 5.79. The quantitative estimate of drug-likeness (QED) is 0.454. The Balaban J connectivity index is 2.00. The van der Waals surface area contributed by atoms with E-state index in [0.717, 1.165) is 12.3 Å². The van der Waals surface area contributed by atoms with Gasteiger partial charge in [-0.2, -0.15) is 0 Å². The fraction of sp³-hybridized carbons (Fsp3) is 0.364. The van der Waals surface area contributed by atoms with Crippen molar-refractivity contribution in [3.63, 3.8) is 0 Å². The third-order valence-electron chi connectivity index (χ3n) is 5.27. The Bertz CT molecular complexity index is 838. The second-order valence-corrected chi connectivity index (χ2v) is 9.05. The molecule has 0 fully saturated rings. The molecule has 0 aliphatic heterocycles. The maximum atomic E-state index is 2.44. The SMILES string of the molecule is CCc1ccc(-[s+]2c3c(c4ccccc42)CC(C)CC3C)cc1. The van der Waals surface area contributed by atoms with E-state index in [1.165, 1.54) is 28.7 Å². The van der Waals surface area contributed by atoms with Crippen molar-refractivity contribution in [1.29, 1.82) is 0 Å². The highest BCUT2D eigenvalue weighted by Gasteiger charge is 2.36. The molecule has 0 bridgehead atoms. The fourth-order valence-corrected chi connectivity index (χ4v) is 6.95. The molecule has 0 N–H and O–H groups in total. The lowest BCUT2D eigenvalue weighted by atomic mass is 9.82. The lowest BCUT2D eigenvalue weighted by Crippen LogP contribution is -2.12. The normalized spacial score (nSPS) is 21.4. The van der Waals surface area contributed by atoms with Gasteiger partial charge in [-0.1, -0.05) is 45.0 Å². The Kier molecular flexibility index (Phi) is 3.77. The summed E-state index contributed by atoms with van der Waals surface area (Å²) in [5, 5.41) is 1.53. The minimum absolute atomic E-state index is 0.142. The van der Waals surface area contributed by atoms with Crippen LogP contribution in [0.15, 0.2) is 48.5 Å². The second-order valence-electron chi connectivity index (χ2n) is 7.09. The average Bonchev–Trinajstić information content (AvgIpc) is 2.90. The summed E-state index contributed by atoms with van der Waals surface area (Å²) in [5.41, 5.74) is 3.10. The van der Waals surface area contributed by atoms with Gasteiger partial charge in [-0.05, 0) is 55.0 Å². The van der Waals surface area contributed by atoms with Gasteiger partial charge in [-0.15, -0.1) is 0 Å². The van der Waals surface area contributed by atoms with Crippen LogP contribution in [0.5, 0.6) is 0 Å². The Morgan fingerprint density at radius 2 is 1.74 bits per heavy atom. The molecule has 0 radical (unpaired) electrons. The van der Waals surface area contributed by atoms with Crippen molar-refractivity contribution in [2.75, 3.05) is 0 Å². The number of fused-ring (bicyclic) bond motifs is 3. The van der Waals surface area contributed by atoms with Crippen LogP contribution in [0.25, 0.3) is 15.0 Å². The van der Waals surface area contributed by atoms with Gasteiger partial charge in [0.1, 0.15) is 0 Å². The van der Waals surface area contributed by atoms with E-state index in [1.807, 2.05) is 0 Å². The minimum Gasteiger partial charge on any atom is -0.0622 e. The smallest absolute Gasteiger partial charge is 0.0622 e. The highest BCUT2D eigenvalue weighted by molar-refractivity contribution is 7.45. The molecule has 3 aromatic rings. The zero-order valence-electron chi connectivity index (χ0n) is 14.3. The number of hydrogen-bond donors (Lipinski definition) is 0. The van der Waals surface area contributed by atoms with E-state index in [-0.39, 0.29) is 10.5 Å². The van der Waals surface area contributed by atoms with E-state index < -0.39 is 0 Å². The number of thiophene rings is 1. The van der Waals surface area contributed by atoms with Crippen LogP contribution in [0, 0.1) is 5.92 Å². The molecule has 1 aliphatic rings. The van der Waals surface area contributed by atoms with E-state index in [2.05, 4.69) is 69.3 Å². The molecule has 0 spiro atoms. The first-order valence-corrected chi connectivity index (χ1v) is 10.1. The molecule has 0 saturated carbocycles. The van der Waals surface area contributed by atoms with Crippen LogP contribution in [0.4, 0.5) is 0 Å².